The first-order valence-electron chi connectivity index (χ1n) is 10.8. The molecule has 0 radical (unpaired) electrons. The summed E-state index contributed by atoms with van der Waals surface area (Å²) in [5.74, 6) is -0.998. The Morgan fingerprint density at radius 3 is 2.46 bits per heavy atom. The summed E-state index contributed by atoms with van der Waals surface area (Å²) < 4.78 is 68.2. The fourth-order valence-electron chi connectivity index (χ4n) is 2.99. The minimum atomic E-state index is -4.20. The molecule has 198 valence electrons. The molecular formula is C24H25F2IN4O5S. The molecule has 0 aromatic heterocycles. The first-order valence-corrected chi connectivity index (χ1v) is 13.4. The number of nitrogens with one attached hydrogen (secondary N) is 3. The maximum absolute atomic E-state index is 14.3. The second-order valence-electron chi connectivity index (χ2n) is 8.79. The second-order valence-corrected chi connectivity index (χ2v) is 11.5. The predicted octanol–water partition coefficient (Wildman–Crippen LogP) is 5.55. The Kier molecular flexibility index (Phi) is 8.81. The quantitative estimate of drug-likeness (QED) is 0.187. The second kappa shape index (κ2) is 11.5. The number of ether oxygens (including phenoxy) is 2. The van der Waals surface area contributed by atoms with Crippen molar-refractivity contribution in [1.82, 2.24) is 9.44 Å². The maximum Gasteiger partial charge on any atom is 0.422 e. The van der Waals surface area contributed by atoms with Crippen LogP contribution in [0, 0.1) is 15.2 Å². The van der Waals surface area contributed by atoms with Crippen LogP contribution < -0.4 is 25.2 Å². The van der Waals surface area contributed by atoms with Gasteiger partial charge in [-0.3, -0.25) is 0 Å². The van der Waals surface area contributed by atoms with Crippen LogP contribution in [0.4, 0.5) is 30.6 Å². The molecule has 9 nitrogen and oxygen atoms in total. The molecule has 37 heavy (non-hydrogen) atoms. The van der Waals surface area contributed by atoms with E-state index in [1.165, 1.54) is 18.2 Å². The van der Waals surface area contributed by atoms with Crippen LogP contribution in [0.1, 0.15) is 26.3 Å². The molecule has 0 bridgehead atoms. The minimum absolute atomic E-state index is 0.0299. The molecule has 3 aromatic carbocycles. The number of amides is 1. The fourth-order valence-corrected chi connectivity index (χ4v) is 4.13. The van der Waals surface area contributed by atoms with Gasteiger partial charge in [-0.25, -0.2) is 18.3 Å². The average Bonchev–Trinajstić information content (AvgIpc) is 2.76. The van der Waals surface area contributed by atoms with E-state index in [-0.39, 0.29) is 35.1 Å². The maximum atomic E-state index is 14.3. The number of carbonyl (C=O) groups excluding carboxylic acids is 1. The number of rotatable bonds is 8. The summed E-state index contributed by atoms with van der Waals surface area (Å²) in [6.07, 6.45) is -1.12. The summed E-state index contributed by atoms with van der Waals surface area (Å²) in [7, 11) is -4.20. The van der Waals surface area contributed by atoms with Gasteiger partial charge in [-0.2, -0.15) is 13.1 Å². The number of nitrogen functional groups attached to an aromatic ring is 1. The van der Waals surface area contributed by atoms with Crippen LogP contribution in [0.25, 0.3) is 0 Å². The number of benzene rings is 3. The molecule has 0 fully saturated rings. The Balaban J connectivity index is 1.72. The van der Waals surface area contributed by atoms with Gasteiger partial charge in [0.1, 0.15) is 23.0 Å². The van der Waals surface area contributed by atoms with Gasteiger partial charge in [0.05, 0.1) is 17.1 Å². The van der Waals surface area contributed by atoms with Crippen LogP contribution in [-0.4, -0.2) is 20.1 Å². The zero-order chi connectivity index (χ0) is 27.4. The standard InChI is InChI=1S/C24H25F2IN4O5S/c1-24(2,3)36-23(32)31-37(33,34)29-13-14-5-4-6-17(9-14)35-21-11-15(25)10-20(22(21)28)30-19-8-7-16(27)12-18(19)26/h4-12,29-30H,13,28H2,1-3H3,(H,31,32). The van der Waals surface area contributed by atoms with E-state index in [0.29, 0.717) is 9.13 Å². The molecular weight excluding hydrogens is 621 g/mol. The van der Waals surface area contributed by atoms with Gasteiger partial charge >= 0.3 is 16.3 Å². The minimum Gasteiger partial charge on any atom is -0.455 e. The van der Waals surface area contributed by atoms with E-state index in [0.717, 1.165) is 12.1 Å². The van der Waals surface area contributed by atoms with Crippen LogP contribution in [0.3, 0.4) is 0 Å². The predicted molar refractivity (Wildman–Crippen MR) is 145 cm³/mol. The van der Waals surface area contributed by atoms with Crippen molar-refractivity contribution in [1.29, 1.82) is 0 Å². The van der Waals surface area contributed by atoms with Crippen molar-refractivity contribution in [3.05, 3.63) is 75.4 Å². The summed E-state index contributed by atoms with van der Waals surface area (Å²) in [5.41, 5.74) is 6.00. The van der Waals surface area contributed by atoms with Crippen molar-refractivity contribution >= 4 is 56.0 Å². The normalized spacial score (nSPS) is 11.6. The van der Waals surface area contributed by atoms with Crippen LogP contribution in [0.15, 0.2) is 54.6 Å². The first kappa shape index (κ1) is 28.4. The molecule has 1 amide bonds. The van der Waals surface area contributed by atoms with Crippen LogP contribution >= 0.6 is 22.6 Å². The smallest absolute Gasteiger partial charge is 0.422 e. The molecule has 0 saturated heterocycles. The van der Waals surface area contributed by atoms with Gasteiger partial charge in [0.2, 0.25) is 0 Å². The van der Waals surface area contributed by atoms with E-state index in [1.807, 2.05) is 22.6 Å². The van der Waals surface area contributed by atoms with E-state index < -0.39 is 33.5 Å². The summed E-state index contributed by atoms with van der Waals surface area (Å²) in [5, 5.41) is 2.77. The number of hydrogen-bond acceptors (Lipinski definition) is 7. The topological polar surface area (TPSA) is 132 Å². The van der Waals surface area contributed by atoms with E-state index in [1.54, 1.807) is 49.8 Å². The fraction of sp³-hybridized carbons (Fsp3) is 0.208. The zero-order valence-corrected chi connectivity index (χ0v) is 23.0. The summed E-state index contributed by atoms with van der Waals surface area (Å²) in [4.78, 5) is 11.7. The van der Waals surface area contributed by atoms with E-state index in [4.69, 9.17) is 15.2 Å². The van der Waals surface area contributed by atoms with Gasteiger partial charge in [0.25, 0.3) is 0 Å². The van der Waals surface area contributed by atoms with Crippen molar-refractivity contribution < 1.29 is 31.5 Å². The van der Waals surface area contributed by atoms with Crippen molar-refractivity contribution in [3.8, 4) is 11.5 Å². The Morgan fingerprint density at radius 2 is 1.78 bits per heavy atom. The molecule has 3 aromatic rings. The van der Waals surface area contributed by atoms with Gasteiger partial charge in [-0.1, -0.05) is 12.1 Å². The number of anilines is 3. The molecule has 3 rings (SSSR count). The largest absolute Gasteiger partial charge is 0.455 e. The lowest BCUT2D eigenvalue weighted by molar-refractivity contribution is 0.0569. The highest BCUT2D eigenvalue weighted by molar-refractivity contribution is 14.1. The SMILES string of the molecule is CC(C)(C)OC(=O)NS(=O)(=O)NCc1cccc(Oc2cc(F)cc(Nc3ccc(I)cc3F)c2N)c1. The van der Waals surface area contributed by atoms with Crippen LogP contribution in [-0.2, 0) is 21.5 Å². The Bertz CT molecular complexity index is 1410. The molecule has 0 aliphatic rings. The molecule has 0 aliphatic heterocycles. The molecule has 0 unspecified atom stereocenters. The number of nitrogens with two attached hydrogens (primary N) is 1. The number of halogens is 3. The van der Waals surface area contributed by atoms with Gasteiger partial charge < -0.3 is 20.5 Å². The summed E-state index contributed by atoms with van der Waals surface area (Å²) in [6, 6.07) is 13.0. The van der Waals surface area contributed by atoms with Gasteiger partial charge in [-0.05, 0) is 85.3 Å². The summed E-state index contributed by atoms with van der Waals surface area (Å²) in [6.45, 7) is 4.61. The van der Waals surface area contributed by atoms with Gasteiger partial charge in [0.15, 0.2) is 5.75 Å². The highest BCUT2D eigenvalue weighted by Gasteiger charge is 2.21. The average molecular weight is 646 g/mol. The van der Waals surface area contributed by atoms with Crippen LogP contribution in [0.2, 0.25) is 0 Å². The van der Waals surface area contributed by atoms with E-state index >= 15 is 0 Å². The van der Waals surface area contributed by atoms with Crippen molar-refractivity contribution in [3.63, 3.8) is 0 Å². The molecule has 0 atom stereocenters. The third-order valence-electron chi connectivity index (χ3n) is 4.52. The van der Waals surface area contributed by atoms with Gasteiger partial charge in [0, 0.05) is 16.2 Å². The monoisotopic (exact) mass is 646 g/mol. The van der Waals surface area contributed by atoms with Crippen molar-refractivity contribution in [2.24, 2.45) is 0 Å². The highest BCUT2D eigenvalue weighted by atomic mass is 127. The third-order valence-corrected chi connectivity index (χ3v) is 6.15. The molecule has 0 heterocycles. The number of hydrogen-bond donors (Lipinski definition) is 4. The van der Waals surface area contributed by atoms with E-state index in [2.05, 4.69) is 10.0 Å². The van der Waals surface area contributed by atoms with Gasteiger partial charge in [-0.15, -0.1) is 0 Å². The molecule has 0 aliphatic carbocycles. The lowest BCUT2D eigenvalue weighted by Gasteiger charge is -2.19. The number of carbonyl (C=O) groups is 1. The molecule has 5 N–H and O–H groups in total. The van der Waals surface area contributed by atoms with Crippen LogP contribution in [0.5, 0.6) is 11.5 Å². The van der Waals surface area contributed by atoms with Crippen molar-refractivity contribution in [2.75, 3.05) is 11.1 Å². The lowest BCUT2D eigenvalue weighted by Crippen LogP contribution is -2.42. The zero-order valence-electron chi connectivity index (χ0n) is 20.1. The first-order chi connectivity index (χ1) is 17.2. The Morgan fingerprint density at radius 1 is 1.05 bits per heavy atom. The summed E-state index contributed by atoms with van der Waals surface area (Å²) >= 11 is 1.97. The molecule has 0 spiro atoms. The van der Waals surface area contributed by atoms with Crippen molar-refractivity contribution in [2.45, 2.75) is 32.9 Å². The molecule has 0 saturated carbocycles. The lowest BCUT2D eigenvalue weighted by atomic mass is 10.2. The third kappa shape index (κ3) is 8.72. The Labute approximate surface area is 227 Å². The molecule has 13 heteroatoms. The highest BCUT2D eigenvalue weighted by Crippen LogP contribution is 2.36. The van der Waals surface area contributed by atoms with E-state index in [9.17, 15) is 22.0 Å². The Hall–Kier alpha value is -3.17.